The van der Waals surface area contributed by atoms with E-state index in [2.05, 4.69) is 10.6 Å². The zero-order valence-corrected chi connectivity index (χ0v) is 16.2. The number of nitrogens with zero attached hydrogens (tertiary/aromatic N) is 2. The molecule has 1 atom stereocenters. The third-order valence-corrected chi connectivity index (χ3v) is 4.69. The summed E-state index contributed by atoms with van der Waals surface area (Å²) in [6.07, 6.45) is 2.36. The van der Waals surface area contributed by atoms with Gasteiger partial charge in [0.2, 0.25) is 11.8 Å². The molecule has 2 N–H and O–H groups in total. The van der Waals surface area contributed by atoms with Crippen molar-refractivity contribution in [1.82, 2.24) is 15.1 Å². The molecule has 0 aliphatic carbocycles. The molecule has 3 rings (SSSR count). The van der Waals surface area contributed by atoms with Crippen molar-refractivity contribution in [1.29, 1.82) is 0 Å². The highest BCUT2D eigenvalue weighted by Crippen LogP contribution is 2.32. The fourth-order valence-electron chi connectivity index (χ4n) is 3.35. The van der Waals surface area contributed by atoms with Gasteiger partial charge in [-0.25, -0.2) is 4.79 Å². The van der Waals surface area contributed by atoms with Gasteiger partial charge in [0.05, 0.1) is 25.8 Å². The van der Waals surface area contributed by atoms with Crippen molar-refractivity contribution < 1.29 is 23.9 Å². The molecule has 1 saturated heterocycles. The number of likely N-dealkylation sites (tertiary alicyclic amines) is 1. The van der Waals surface area contributed by atoms with E-state index in [0.29, 0.717) is 43.4 Å². The Hall–Kier alpha value is -2.81. The number of fused-ring (bicyclic) bond motifs is 1. The van der Waals surface area contributed by atoms with Crippen LogP contribution >= 0.6 is 0 Å². The Labute approximate surface area is 163 Å². The summed E-state index contributed by atoms with van der Waals surface area (Å²) >= 11 is 0. The van der Waals surface area contributed by atoms with Crippen LogP contribution in [0, 0.1) is 0 Å². The van der Waals surface area contributed by atoms with Gasteiger partial charge in [-0.2, -0.15) is 0 Å². The van der Waals surface area contributed by atoms with Crippen molar-refractivity contribution in [2.75, 3.05) is 45.7 Å². The van der Waals surface area contributed by atoms with Gasteiger partial charge in [0.1, 0.15) is 0 Å². The number of anilines is 1. The van der Waals surface area contributed by atoms with Crippen LogP contribution < -0.4 is 20.1 Å². The molecule has 4 amide bonds. The molecule has 0 spiro atoms. The number of urea groups is 1. The molecule has 0 saturated carbocycles. The summed E-state index contributed by atoms with van der Waals surface area (Å²) in [4.78, 5) is 39.9. The summed E-state index contributed by atoms with van der Waals surface area (Å²) in [7, 11) is 3.39. The minimum absolute atomic E-state index is 0.00118. The molecule has 0 radical (unpaired) electrons. The summed E-state index contributed by atoms with van der Waals surface area (Å²) in [5.74, 6) is 0.709. The molecule has 1 aromatic rings. The Kier molecular flexibility index (Phi) is 6.35. The van der Waals surface area contributed by atoms with Gasteiger partial charge >= 0.3 is 6.03 Å². The number of imide groups is 1. The molecule has 0 aromatic heterocycles. The van der Waals surface area contributed by atoms with E-state index >= 15 is 0 Å². The van der Waals surface area contributed by atoms with Gasteiger partial charge in [0.25, 0.3) is 0 Å². The molecule has 2 heterocycles. The lowest BCUT2D eigenvalue weighted by atomic mass is 10.2. The van der Waals surface area contributed by atoms with E-state index in [1.165, 1.54) is 4.90 Å². The second-order valence-corrected chi connectivity index (χ2v) is 7.08. The number of amides is 4. The quantitative estimate of drug-likeness (QED) is 0.797. The van der Waals surface area contributed by atoms with Crippen LogP contribution in [0.15, 0.2) is 18.2 Å². The third kappa shape index (κ3) is 4.92. The fraction of sp³-hybridized carbons (Fsp3) is 0.526. The maximum atomic E-state index is 12.2. The molecule has 0 bridgehead atoms. The number of carbonyl (C=O) groups excluding carboxylic acids is 3. The lowest BCUT2D eigenvalue weighted by molar-refractivity contribution is -0.134. The Morgan fingerprint density at radius 3 is 2.64 bits per heavy atom. The van der Waals surface area contributed by atoms with Crippen LogP contribution in [-0.2, 0) is 9.59 Å². The molecule has 2 aliphatic heterocycles. The number of benzene rings is 1. The predicted molar refractivity (Wildman–Crippen MR) is 102 cm³/mol. The average molecular weight is 390 g/mol. The summed E-state index contributed by atoms with van der Waals surface area (Å²) in [5.41, 5.74) is 0.497. The number of hydrogen-bond acceptors (Lipinski definition) is 6. The number of rotatable bonds is 4. The normalized spacial score (nSPS) is 18.9. The minimum atomic E-state index is -0.630. The molecule has 1 fully saturated rings. The van der Waals surface area contributed by atoms with Crippen LogP contribution in [-0.4, -0.2) is 74.1 Å². The lowest BCUT2D eigenvalue weighted by Gasteiger charge is -2.25. The molecular formula is C19H26N4O5. The van der Waals surface area contributed by atoms with Crippen molar-refractivity contribution in [2.24, 2.45) is 0 Å². The average Bonchev–Trinajstić information content (AvgIpc) is 2.96. The van der Waals surface area contributed by atoms with Crippen LogP contribution in [0.4, 0.5) is 10.5 Å². The first-order valence-corrected chi connectivity index (χ1v) is 9.40. The van der Waals surface area contributed by atoms with Crippen LogP contribution in [0.1, 0.15) is 19.3 Å². The molecular weight excluding hydrogens is 364 g/mol. The molecule has 152 valence electrons. The third-order valence-electron chi connectivity index (χ3n) is 4.69. The van der Waals surface area contributed by atoms with Gasteiger partial charge in [0, 0.05) is 32.3 Å². The van der Waals surface area contributed by atoms with Crippen LogP contribution in [0.3, 0.4) is 0 Å². The summed E-state index contributed by atoms with van der Waals surface area (Å²) in [6, 6.07) is 4.13. The molecule has 1 aromatic carbocycles. The number of hydrogen-bond donors (Lipinski definition) is 2. The Bertz CT molecular complexity index is 752. The van der Waals surface area contributed by atoms with Crippen molar-refractivity contribution >= 4 is 23.5 Å². The largest absolute Gasteiger partial charge is 0.490 e. The molecule has 0 unspecified atom stereocenters. The van der Waals surface area contributed by atoms with Gasteiger partial charge in [0.15, 0.2) is 11.5 Å². The highest BCUT2D eigenvalue weighted by Gasteiger charge is 2.33. The highest BCUT2D eigenvalue weighted by atomic mass is 16.5. The van der Waals surface area contributed by atoms with Crippen LogP contribution in [0.25, 0.3) is 0 Å². The predicted octanol–water partition coefficient (Wildman–Crippen LogP) is 1.05. The topological polar surface area (TPSA) is 100 Å². The van der Waals surface area contributed by atoms with E-state index in [4.69, 9.17) is 9.47 Å². The molecule has 28 heavy (non-hydrogen) atoms. The van der Waals surface area contributed by atoms with Crippen LogP contribution in [0.5, 0.6) is 11.5 Å². The Balaban J connectivity index is 1.52. The van der Waals surface area contributed by atoms with Crippen molar-refractivity contribution in [3.63, 3.8) is 0 Å². The maximum absolute atomic E-state index is 12.2. The van der Waals surface area contributed by atoms with E-state index in [0.717, 1.165) is 12.8 Å². The van der Waals surface area contributed by atoms with E-state index in [-0.39, 0.29) is 18.5 Å². The molecule has 9 nitrogen and oxygen atoms in total. The van der Waals surface area contributed by atoms with Crippen molar-refractivity contribution in [3.05, 3.63) is 18.2 Å². The van der Waals surface area contributed by atoms with Gasteiger partial charge < -0.3 is 19.7 Å². The second kappa shape index (κ2) is 8.92. The number of nitrogens with one attached hydrogen (secondary N) is 2. The Morgan fingerprint density at radius 1 is 1.14 bits per heavy atom. The monoisotopic (exact) mass is 390 g/mol. The first-order chi connectivity index (χ1) is 13.4. The molecule has 9 heteroatoms. The van der Waals surface area contributed by atoms with Gasteiger partial charge in [-0.05, 0) is 31.5 Å². The highest BCUT2D eigenvalue weighted by molar-refractivity contribution is 6.02. The zero-order valence-electron chi connectivity index (χ0n) is 16.2. The van der Waals surface area contributed by atoms with Crippen LogP contribution in [0.2, 0.25) is 0 Å². The van der Waals surface area contributed by atoms with Gasteiger partial charge in [-0.15, -0.1) is 0 Å². The van der Waals surface area contributed by atoms with E-state index in [1.807, 2.05) is 0 Å². The first kappa shape index (κ1) is 19.9. The van der Waals surface area contributed by atoms with E-state index in [9.17, 15) is 14.4 Å². The maximum Gasteiger partial charge on any atom is 0.325 e. The zero-order chi connectivity index (χ0) is 20.1. The lowest BCUT2D eigenvalue weighted by Crippen LogP contribution is -2.48. The van der Waals surface area contributed by atoms with E-state index < -0.39 is 11.9 Å². The first-order valence-electron chi connectivity index (χ1n) is 9.40. The minimum Gasteiger partial charge on any atom is -0.490 e. The SMILES string of the molecule is CN(C)C(=O)[C@@H]1CCCN1CC(=O)NC(=O)Nc1ccc2c(c1)OCCCO2. The second-order valence-electron chi connectivity index (χ2n) is 7.08. The number of carbonyl (C=O) groups is 3. The smallest absolute Gasteiger partial charge is 0.325 e. The Morgan fingerprint density at radius 2 is 1.89 bits per heavy atom. The van der Waals surface area contributed by atoms with Gasteiger partial charge in [-0.1, -0.05) is 0 Å². The fourth-order valence-corrected chi connectivity index (χ4v) is 3.35. The summed E-state index contributed by atoms with van der Waals surface area (Å²) < 4.78 is 11.1. The van der Waals surface area contributed by atoms with E-state index in [1.54, 1.807) is 37.2 Å². The summed E-state index contributed by atoms with van der Waals surface area (Å²) in [5, 5.41) is 4.93. The summed E-state index contributed by atoms with van der Waals surface area (Å²) in [6.45, 7) is 1.78. The molecule has 2 aliphatic rings. The van der Waals surface area contributed by atoms with Crippen molar-refractivity contribution in [3.8, 4) is 11.5 Å². The van der Waals surface area contributed by atoms with Crippen molar-refractivity contribution in [2.45, 2.75) is 25.3 Å². The number of ether oxygens (including phenoxy) is 2. The van der Waals surface area contributed by atoms with Gasteiger partial charge in [-0.3, -0.25) is 19.8 Å². The number of likely N-dealkylation sites (N-methyl/N-ethyl adjacent to an activating group) is 1. The standard InChI is InChI=1S/C19H26N4O5/c1-22(2)18(25)14-5-3-8-23(14)12-17(24)21-19(26)20-13-6-7-15-16(11-13)28-10-4-9-27-15/h6-7,11,14H,3-5,8-10,12H2,1-2H3,(H2,20,21,24,26)/t14-/m0/s1.